The lowest BCUT2D eigenvalue weighted by Gasteiger charge is -2.00. The van der Waals surface area contributed by atoms with Crippen LogP contribution in [0.25, 0.3) is 0 Å². The summed E-state index contributed by atoms with van der Waals surface area (Å²) in [4.78, 5) is 0. The van der Waals surface area contributed by atoms with Crippen molar-refractivity contribution in [3.63, 3.8) is 0 Å². The molecule has 1 aromatic rings. The van der Waals surface area contributed by atoms with E-state index in [1.165, 1.54) is 0 Å². The summed E-state index contributed by atoms with van der Waals surface area (Å²) in [5, 5.41) is 11.8. The Bertz CT molecular complexity index is 247. The van der Waals surface area contributed by atoms with E-state index in [1.807, 2.05) is 6.92 Å². The number of rotatable bonds is 3. The number of H-pyrrole nitrogens is 1. The highest BCUT2D eigenvalue weighted by Crippen LogP contribution is 2.06. The van der Waals surface area contributed by atoms with Crippen LogP contribution in [0.15, 0.2) is 11.2 Å². The Balaban J connectivity index is 2.64. The van der Waals surface area contributed by atoms with Crippen LogP contribution >= 0.6 is 24.0 Å². The third kappa shape index (κ3) is 2.96. The van der Waals surface area contributed by atoms with Gasteiger partial charge in [0.2, 0.25) is 0 Å². The van der Waals surface area contributed by atoms with E-state index < -0.39 is 0 Å². The van der Waals surface area contributed by atoms with E-state index in [2.05, 4.69) is 28.0 Å². The van der Waals surface area contributed by atoms with Crippen molar-refractivity contribution in [2.45, 2.75) is 11.9 Å². The zero-order chi connectivity index (χ0) is 8.81. The highest BCUT2D eigenvalue weighted by Gasteiger charge is 1.95. The summed E-state index contributed by atoms with van der Waals surface area (Å²) in [5.74, 6) is 0.613. The van der Waals surface area contributed by atoms with Gasteiger partial charge in [0.25, 0.3) is 0 Å². The summed E-state index contributed by atoms with van der Waals surface area (Å²) in [6.07, 6.45) is 1.74. The second kappa shape index (κ2) is 5.34. The number of nitrogens with zero attached hydrogens (tertiary/aromatic N) is 2. The van der Waals surface area contributed by atoms with Gasteiger partial charge in [0.15, 0.2) is 0 Å². The van der Waals surface area contributed by atoms with E-state index in [0.717, 1.165) is 21.4 Å². The average Bonchev–Trinajstić information content (AvgIpc) is 2.56. The quantitative estimate of drug-likeness (QED) is 0.503. The maximum absolute atomic E-state index is 5.31. The number of nitrogens with one attached hydrogen (secondary N) is 1. The van der Waals surface area contributed by atoms with E-state index in [1.54, 1.807) is 6.20 Å². The highest BCUT2D eigenvalue weighted by atomic mass is 32.1. The third-order valence-corrected chi connectivity index (χ3v) is 2.61. The van der Waals surface area contributed by atoms with E-state index in [9.17, 15) is 0 Å². The largest absolute Gasteiger partial charge is 0.344 e. The molecule has 6 heteroatoms. The normalized spacial score (nSPS) is 12.7. The van der Waals surface area contributed by atoms with Gasteiger partial charge in [-0.2, -0.15) is 12.6 Å². The predicted octanol–water partition coefficient (Wildman–Crippen LogP) is 0.725. The Morgan fingerprint density at radius 2 is 2.67 bits per heavy atom. The summed E-state index contributed by atoms with van der Waals surface area (Å²) in [6, 6.07) is 0. The Kier molecular flexibility index (Phi) is 4.34. The van der Waals surface area contributed by atoms with Crippen molar-refractivity contribution in [2.75, 3.05) is 12.4 Å². The lowest BCUT2D eigenvalue weighted by atomic mass is 10.8. The maximum atomic E-state index is 5.31. The van der Waals surface area contributed by atoms with Crippen molar-refractivity contribution in [1.29, 1.82) is 0 Å². The van der Waals surface area contributed by atoms with Crippen LogP contribution in [-0.4, -0.2) is 32.8 Å². The number of hydrogen-bond donors (Lipinski definition) is 3. The molecule has 12 heavy (non-hydrogen) atoms. The van der Waals surface area contributed by atoms with Crippen LogP contribution in [0, 0.1) is 0 Å². The van der Waals surface area contributed by atoms with Crippen LogP contribution < -0.4 is 0 Å². The van der Waals surface area contributed by atoms with Crippen LogP contribution in [0.2, 0.25) is 0 Å². The van der Waals surface area contributed by atoms with Gasteiger partial charge in [-0.1, -0.05) is 5.21 Å². The summed E-state index contributed by atoms with van der Waals surface area (Å²) < 4.78 is 5.31. The Morgan fingerprint density at radius 1 is 1.83 bits per heavy atom. The van der Waals surface area contributed by atoms with Gasteiger partial charge in [-0.25, -0.2) is 0 Å². The number of ether oxygens (including phenoxy) is 1. The fourth-order valence-electron chi connectivity index (χ4n) is 0.658. The minimum atomic E-state index is 0.613. The van der Waals surface area contributed by atoms with Crippen LogP contribution in [0.4, 0.5) is 0 Å². The lowest BCUT2D eigenvalue weighted by molar-refractivity contribution is 0.334. The van der Waals surface area contributed by atoms with E-state index in [-0.39, 0.29) is 0 Å². The molecule has 0 saturated carbocycles. The van der Waals surface area contributed by atoms with Crippen molar-refractivity contribution >= 4 is 29.0 Å². The third-order valence-electron chi connectivity index (χ3n) is 1.09. The fraction of sp³-hybridized carbons (Fsp3) is 0.500. The molecule has 0 bridgehead atoms. The summed E-state index contributed by atoms with van der Waals surface area (Å²) >= 11 is 5.07. The molecule has 0 aliphatic heterocycles. The molecule has 1 rings (SSSR count). The predicted molar refractivity (Wildman–Crippen MR) is 54.1 cm³/mol. The van der Waals surface area contributed by atoms with Crippen molar-refractivity contribution in [2.24, 2.45) is 0 Å². The van der Waals surface area contributed by atoms with Gasteiger partial charge in [-0.15, -0.1) is 16.4 Å². The van der Waals surface area contributed by atoms with Crippen molar-refractivity contribution < 1.29 is 4.74 Å². The van der Waals surface area contributed by atoms with E-state index in [0.29, 0.717) is 12.4 Å². The zero-order valence-electron chi connectivity index (χ0n) is 6.69. The van der Waals surface area contributed by atoms with Gasteiger partial charge < -0.3 is 4.74 Å². The van der Waals surface area contributed by atoms with Crippen molar-refractivity contribution in [1.82, 2.24) is 15.4 Å². The average molecular weight is 205 g/mol. The molecule has 0 spiro atoms. The first-order valence-electron chi connectivity index (χ1n) is 3.54. The van der Waals surface area contributed by atoms with Gasteiger partial charge in [0.05, 0.1) is 17.9 Å². The van der Waals surface area contributed by atoms with Gasteiger partial charge in [0.1, 0.15) is 5.03 Å². The monoisotopic (exact) mass is 205 g/mol. The first-order valence-corrected chi connectivity index (χ1v) is 5.07. The first kappa shape index (κ1) is 9.76. The molecule has 68 valence electrons. The fourth-order valence-corrected chi connectivity index (χ4v) is 1.69. The molecule has 0 atom stereocenters. The Labute approximate surface area is 80.1 Å². The number of thiol groups is 2. The molecule has 0 fully saturated rings. The van der Waals surface area contributed by atoms with Gasteiger partial charge >= 0.3 is 0 Å². The molecule has 0 unspecified atom stereocenters. The Morgan fingerprint density at radius 3 is 3.17 bits per heavy atom. The topological polar surface area (TPSA) is 50.8 Å². The van der Waals surface area contributed by atoms with Gasteiger partial charge in [0, 0.05) is 5.75 Å². The van der Waals surface area contributed by atoms with Crippen LogP contribution in [0.5, 0.6) is 0 Å². The maximum Gasteiger partial charge on any atom is 0.132 e. The SMILES string of the molecule is CCOC(CS)=[SH]c1c[nH]nn1. The highest BCUT2D eigenvalue weighted by molar-refractivity contribution is 7.99. The minimum Gasteiger partial charge on any atom is -0.344 e. The van der Waals surface area contributed by atoms with Crippen molar-refractivity contribution in [3.8, 4) is 0 Å². The van der Waals surface area contributed by atoms with Gasteiger partial charge in [-0.05, 0) is 6.92 Å². The zero-order valence-corrected chi connectivity index (χ0v) is 8.48. The molecular weight excluding hydrogens is 194 g/mol. The molecular formula is C6H11N3OS2. The Hall–Kier alpha value is -0.330. The van der Waals surface area contributed by atoms with E-state index in [4.69, 9.17) is 4.74 Å². The number of aromatic nitrogens is 3. The summed E-state index contributed by atoms with van der Waals surface area (Å²) in [5.41, 5.74) is 0. The molecule has 0 aromatic carbocycles. The second-order valence-electron chi connectivity index (χ2n) is 1.93. The second-order valence-corrected chi connectivity index (χ2v) is 3.43. The lowest BCUT2D eigenvalue weighted by Crippen LogP contribution is -2.03. The minimum absolute atomic E-state index is 0.613. The molecule has 1 aromatic heterocycles. The molecule has 1 N–H and O–H groups in total. The molecule has 1 heterocycles. The molecule has 0 radical (unpaired) electrons. The van der Waals surface area contributed by atoms with Crippen LogP contribution in [0.1, 0.15) is 6.92 Å². The van der Waals surface area contributed by atoms with Gasteiger partial charge in [-0.3, -0.25) is 5.10 Å². The number of aromatic amines is 1. The molecule has 0 amide bonds. The molecule has 0 aliphatic rings. The first-order chi connectivity index (χ1) is 5.86. The molecule has 0 saturated heterocycles. The van der Waals surface area contributed by atoms with Crippen LogP contribution in [-0.2, 0) is 4.74 Å². The summed E-state index contributed by atoms with van der Waals surface area (Å²) in [6.45, 7) is 2.61. The van der Waals surface area contributed by atoms with Crippen LogP contribution in [0.3, 0.4) is 0 Å². The molecule has 0 aliphatic carbocycles. The molecule has 4 nitrogen and oxygen atoms in total. The smallest absolute Gasteiger partial charge is 0.132 e. The van der Waals surface area contributed by atoms with Crippen molar-refractivity contribution in [3.05, 3.63) is 6.20 Å². The number of hydrogen-bond acceptors (Lipinski definition) is 4. The van der Waals surface area contributed by atoms with E-state index >= 15 is 0 Å². The standard InChI is InChI=1S/C6H11N3OS2/c1-2-10-6(4-11)12-5-3-7-9-8-5/h3,11-12H,2,4H2,1H3,(H,7,8,9). The summed E-state index contributed by atoms with van der Waals surface area (Å²) in [7, 11) is 0.